The molecule has 102 valence electrons. The van der Waals surface area contributed by atoms with Crippen molar-refractivity contribution in [2.75, 3.05) is 26.3 Å². The first-order chi connectivity index (χ1) is 9.16. The van der Waals surface area contributed by atoms with Crippen LogP contribution in [0.3, 0.4) is 0 Å². The van der Waals surface area contributed by atoms with Crippen molar-refractivity contribution >= 4 is 28.0 Å². The van der Waals surface area contributed by atoms with Gasteiger partial charge in [-0.1, -0.05) is 0 Å². The minimum absolute atomic E-state index is 0.0409. The Hall–Kier alpha value is -0.583. The standard InChI is InChI=1S/C10H13O2.C4H9NO.Li/c1-2-3-4-5-6-7-10(12)8-9-11;1-3-6-4-2-5-1;/h2-5,8H2,1H3;5H,1-4H2;. The molecule has 1 aliphatic heterocycles. The van der Waals surface area contributed by atoms with Gasteiger partial charge in [-0.25, -0.2) is 0 Å². The number of carbonyl (C=O) groups excluding carboxylic acids is 2. The summed E-state index contributed by atoms with van der Waals surface area (Å²) in [4.78, 5) is 21.4. The van der Waals surface area contributed by atoms with Gasteiger partial charge in [-0.15, -0.1) is 0 Å². The molecular weight excluding hydrogens is 237 g/mol. The first-order valence-electron chi connectivity index (χ1n) is 6.96. The summed E-state index contributed by atoms with van der Waals surface area (Å²) in [5.41, 5.74) is 0. The molecule has 0 bridgehead atoms. The van der Waals surface area contributed by atoms with E-state index in [1.54, 1.807) is 0 Å². The quantitative estimate of drug-likeness (QED) is 0.261. The molecule has 1 saturated heterocycles. The van der Waals surface area contributed by atoms with Gasteiger partial charge in [-0.2, -0.15) is 0 Å². The van der Waals surface area contributed by atoms with Crippen molar-refractivity contribution in [2.24, 2.45) is 0 Å². The van der Waals surface area contributed by atoms with Crippen LogP contribution in [0.1, 0.15) is 39.0 Å². The summed E-state index contributed by atoms with van der Waals surface area (Å²) in [6.07, 6.45) is 4.06. The summed E-state index contributed by atoms with van der Waals surface area (Å²) < 4.78 is 4.89. The Morgan fingerprint density at radius 1 is 1.26 bits per heavy atom. The van der Waals surface area contributed by atoms with Crippen molar-refractivity contribution in [1.82, 2.24) is 5.32 Å². The third kappa shape index (κ3) is 15.4. The molecule has 5 heteroatoms. The topological polar surface area (TPSA) is 55.4 Å². The third-order valence-corrected chi connectivity index (χ3v) is 2.39. The van der Waals surface area contributed by atoms with E-state index >= 15 is 0 Å². The Balaban J connectivity index is 0.000000443. The molecule has 1 N–H and O–H groups in total. The van der Waals surface area contributed by atoms with Crippen molar-refractivity contribution in [3.63, 3.8) is 0 Å². The summed E-state index contributed by atoms with van der Waals surface area (Å²) in [7, 11) is 0. The van der Waals surface area contributed by atoms with Crippen LogP contribution in [0.25, 0.3) is 0 Å². The van der Waals surface area contributed by atoms with E-state index < -0.39 is 0 Å². The summed E-state index contributed by atoms with van der Waals surface area (Å²) >= 11 is 1.40. The van der Waals surface area contributed by atoms with E-state index in [1.165, 1.54) is 17.7 Å². The average Bonchev–Trinajstić information content (AvgIpc) is 2.40. The number of ether oxygens (including phenoxy) is 1. The number of ketones is 1. The van der Waals surface area contributed by atoms with Gasteiger partial charge in [-0.3, -0.25) is 0 Å². The SMILES string of the molecule is C1COCCN1.[Li][C](=O)CC(=O)C#CCCCCC. The van der Waals surface area contributed by atoms with E-state index in [9.17, 15) is 9.59 Å². The molecule has 0 amide bonds. The van der Waals surface area contributed by atoms with Crippen molar-refractivity contribution in [3.8, 4) is 11.8 Å². The molecule has 0 saturated carbocycles. The number of unbranched alkanes of at least 4 members (excludes halogenated alkanes) is 3. The summed E-state index contributed by atoms with van der Waals surface area (Å²) in [5.74, 6) is 4.98. The van der Waals surface area contributed by atoms with E-state index in [4.69, 9.17) is 4.74 Å². The molecule has 0 aromatic rings. The van der Waals surface area contributed by atoms with Gasteiger partial charge in [0.2, 0.25) is 0 Å². The van der Waals surface area contributed by atoms with Gasteiger partial charge in [-0.05, 0) is 0 Å². The maximum absolute atomic E-state index is 10.9. The third-order valence-electron chi connectivity index (χ3n) is 2.39. The fraction of sp³-hybridized carbons (Fsp3) is 0.714. The van der Waals surface area contributed by atoms with Crippen LogP contribution in [0.15, 0.2) is 0 Å². The Labute approximate surface area is 125 Å². The Morgan fingerprint density at radius 3 is 2.37 bits per heavy atom. The molecule has 0 radical (unpaired) electrons. The van der Waals surface area contributed by atoms with E-state index in [2.05, 4.69) is 24.1 Å². The Morgan fingerprint density at radius 2 is 1.95 bits per heavy atom. The maximum atomic E-state index is 10.9. The number of morpholine rings is 1. The van der Waals surface area contributed by atoms with Gasteiger partial charge in [0.1, 0.15) is 0 Å². The molecule has 1 aliphatic rings. The molecule has 0 aromatic heterocycles. The predicted octanol–water partition coefficient (Wildman–Crippen LogP) is 0.831. The second kappa shape index (κ2) is 13.8. The molecule has 0 atom stereocenters. The van der Waals surface area contributed by atoms with Gasteiger partial charge in [0.15, 0.2) is 0 Å². The van der Waals surface area contributed by atoms with Crippen LogP contribution in [-0.2, 0) is 14.3 Å². The van der Waals surface area contributed by atoms with Crippen molar-refractivity contribution < 1.29 is 14.3 Å². The van der Waals surface area contributed by atoms with E-state index in [0.29, 0.717) is 0 Å². The first-order valence-corrected chi connectivity index (χ1v) is 6.96. The first kappa shape index (κ1) is 18.4. The summed E-state index contributed by atoms with van der Waals surface area (Å²) in [6.45, 7) is 5.95. The van der Waals surface area contributed by atoms with Crippen LogP contribution in [0.2, 0.25) is 0 Å². The van der Waals surface area contributed by atoms with E-state index in [0.717, 1.165) is 52.0 Å². The Kier molecular flexibility index (Phi) is 13.4. The number of hydrogen-bond acceptors (Lipinski definition) is 4. The molecule has 0 aromatic carbocycles. The molecule has 4 nitrogen and oxygen atoms in total. The number of carbonyl (C=O) groups is 2. The van der Waals surface area contributed by atoms with Gasteiger partial charge in [0.25, 0.3) is 0 Å². The molecule has 0 aliphatic carbocycles. The van der Waals surface area contributed by atoms with Crippen LogP contribution < -0.4 is 5.32 Å². The number of hydrogen-bond donors (Lipinski definition) is 1. The second-order valence-electron chi connectivity index (χ2n) is 4.42. The predicted molar refractivity (Wildman–Crippen MR) is 76.0 cm³/mol. The van der Waals surface area contributed by atoms with Crippen LogP contribution >= 0.6 is 0 Å². The molecule has 1 rings (SSSR count). The van der Waals surface area contributed by atoms with Crippen LogP contribution in [-0.4, -0.2) is 54.3 Å². The number of Topliss-reactive ketones (excluding diaryl/α,β-unsaturated/α-hetero) is 1. The molecule has 0 unspecified atom stereocenters. The molecule has 1 fully saturated rings. The zero-order valence-electron chi connectivity index (χ0n) is 12.1. The summed E-state index contributed by atoms with van der Waals surface area (Å²) in [6, 6.07) is 0. The second-order valence-corrected chi connectivity index (χ2v) is 4.42. The molecular formula is C14H22LiNO3. The van der Waals surface area contributed by atoms with Gasteiger partial charge in [0.05, 0.1) is 13.2 Å². The van der Waals surface area contributed by atoms with Crippen molar-refractivity contribution in [1.29, 1.82) is 0 Å². The Bertz CT molecular complexity index is 305. The fourth-order valence-electron chi connectivity index (χ4n) is 1.41. The van der Waals surface area contributed by atoms with Gasteiger partial charge < -0.3 is 10.1 Å². The van der Waals surface area contributed by atoms with Crippen LogP contribution in [0.5, 0.6) is 0 Å². The summed E-state index contributed by atoms with van der Waals surface area (Å²) in [5, 5.41) is 3.16. The monoisotopic (exact) mass is 259 g/mol. The molecule has 19 heavy (non-hydrogen) atoms. The van der Waals surface area contributed by atoms with Gasteiger partial charge in [0, 0.05) is 13.1 Å². The van der Waals surface area contributed by atoms with E-state index in [1.807, 2.05) is 0 Å². The molecule has 1 heterocycles. The number of rotatable bonds is 5. The molecule has 0 spiro atoms. The number of nitrogens with one attached hydrogen (secondary N) is 1. The normalized spacial score (nSPS) is 13.6. The van der Waals surface area contributed by atoms with Crippen molar-refractivity contribution in [3.05, 3.63) is 0 Å². The zero-order chi connectivity index (χ0) is 14.3. The fourth-order valence-corrected chi connectivity index (χ4v) is 1.41. The zero-order valence-corrected chi connectivity index (χ0v) is 12.1. The van der Waals surface area contributed by atoms with Crippen molar-refractivity contribution in [2.45, 2.75) is 39.0 Å². The van der Waals surface area contributed by atoms with Crippen LogP contribution in [0.4, 0.5) is 0 Å². The van der Waals surface area contributed by atoms with Gasteiger partial charge >= 0.3 is 88.4 Å². The van der Waals surface area contributed by atoms with E-state index in [-0.39, 0.29) is 16.7 Å². The average molecular weight is 259 g/mol. The minimum atomic E-state index is -0.260. The van der Waals surface area contributed by atoms with Crippen LogP contribution in [0, 0.1) is 11.8 Å².